The molecular formula is C18H21N3O3S2. The van der Waals surface area contributed by atoms with Gasteiger partial charge in [-0.05, 0) is 40.1 Å². The van der Waals surface area contributed by atoms with Crippen molar-refractivity contribution in [1.29, 1.82) is 0 Å². The Bertz CT molecular complexity index is 934. The third-order valence-electron chi connectivity index (χ3n) is 4.06. The number of benzene rings is 1. The molecule has 6 nitrogen and oxygen atoms in total. The number of carbonyl (C=O) groups excluding carboxylic acids is 1. The molecule has 3 rings (SSSR count). The number of hydrogen-bond acceptors (Lipinski definition) is 5. The quantitative estimate of drug-likeness (QED) is 0.848. The van der Waals surface area contributed by atoms with Crippen LogP contribution in [0.2, 0.25) is 0 Å². The third kappa shape index (κ3) is 4.13. The van der Waals surface area contributed by atoms with Gasteiger partial charge in [0.05, 0.1) is 18.0 Å². The molecule has 0 bridgehead atoms. The Balaban J connectivity index is 1.94. The summed E-state index contributed by atoms with van der Waals surface area (Å²) in [5, 5.41) is 10.2. The molecule has 1 atom stereocenters. The Morgan fingerprint density at radius 2 is 2.12 bits per heavy atom. The Labute approximate surface area is 157 Å². The van der Waals surface area contributed by atoms with Gasteiger partial charge in [0.2, 0.25) is 15.9 Å². The standard InChI is InChI=1S/C18H21N3O3S2/c1-12(2)18(22)21-17(14-7-8-25-11-14)10-16(19-21)13-5-4-6-15(9-13)20-26(3,23)24/h4-9,11-12,17,20H,10H2,1-3H3/t17-/m0/s1. The molecule has 0 radical (unpaired) electrons. The van der Waals surface area contributed by atoms with Gasteiger partial charge in [-0.15, -0.1) is 0 Å². The number of nitrogens with zero attached hydrogens (tertiary/aromatic N) is 2. The lowest BCUT2D eigenvalue weighted by Gasteiger charge is -2.22. The van der Waals surface area contributed by atoms with Crippen LogP contribution in [0.25, 0.3) is 0 Å². The predicted molar refractivity (Wildman–Crippen MR) is 105 cm³/mol. The highest BCUT2D eigenvalue weighted by Crippen LogP contribution is 2.35. The zero-order valence-electron chi connectivity index (χ0n) is 14.8. The van der Waals surface area contributed by atoms with Crippen molar-refractivity contribution in [2.45, 2.75) is 26.3 Å². The molecule has 0 saturated carbocycles. The second kappa shape index (κ2) is 7.20. The number of sulfonamides is 1. The van der Waals surface area contributed by atoms with Crippen molar-refractivity contribution in [2.75, 3.05) is 11.0 Å². The molecule has 0 unspecified atom stereocenters. The van der Waals surface area contributed by atoms with Gasteiger partial charge >= 0.3 is 0 Å². The van der Waals surface area contributed by atoms with Gasteiger partial charge in [0.25, 0.3) is 0 Å². The molecule has 26 heavy (non-hydrogen) atoms. The summed E-state index contributed by atoms with van der Waals surface area (Å²) in [5.74, 6) is -0.181. The van der Waals surface area contributed by atoms with Crippen LogP contribution in [0.1, 0.15) is 37.4 Å². The maximum atomic E-state index is 12.6. The first-order valence-electron chi connectivity index (χ1n) is 8.25. The van der Waals surface area contributed by atoms with E-state index in [0.29, 0.717) is 12.1 Å². The normalized spacial score (nSPS) is 17.5. The maximum Gasteiger partial charge on any atom is 0.245 e. The molecular weight excluding hydrogens is 370 g/mol. The molecule has 1 N–H and O–H groups in total. The van der Waals surface area contributed by atoms with Gasteiger partial charge in [0.15, 0.2) is 0 Å². The minimum absolute atomic E-state index is 0.0263. The Kier molecular flexibility index (Phi) is 5.15. The summed E-state index contributed by atoms with van der Waals surface area (Å²) in [6.07, 6.45) is 1.71. The molecule has 1 aromatic carbocycles. The number of amides is 1. The molecule has 8 heteroatoms. The lowest BCUT2D eigenvalue weighted by molar-refractivity contribution is -0.136. The van der Waals surface area contributed by atoms with Gasteiger partial charge in [0.1, 0.15) is 0 Å². The van der Waals surface area contributed by atoms with E-state index in [1.807, 2.05) is 36.7 Å². The molecule has 0 aliphatic carbocycles. The largest absolute Gasteiger partial charge is 0.284 e. The van der Waals surface area contributed by atoms with Crippen LogP contribution in [-0.2, 0) is 14.8 Å². The van der Waals surface area contributed by atoms with E-state index >= 15 is 0 Å². The number of rotatable bonds is 5. The van der Waals surface area contributed by atoms with Gasteiger partial charge in [-0.1, -0.05) is 26.0 Å². The average molecular weight is 392 g/mol. The van der Waals surface area contributed by atoms with Gasteiger partial charge in [-0.25, -0.2) is 13.4 Å². The number of nitrogens with one attached hydrogen (secondary N) is 1. The van der Waals surface area contributed by atoms with Crippen molar-refractivity contribution in [3.05, 3.63) is 52.2 Å². The van der Waals surface area contributed by atoms with Crippen molar-refractivity contribution in [3.8, 4) is 0 Å². The molecule has 1 amide bonds. The first kappa shape index (κ1) is 18.6. The van der Waals surface area contributed by atoms with Crippen LogP contribution >= 0.6 is 11.3 Å². The fourth-order valence-electron chi connectivity index (χ4n) is 2.85. The van der Waals surface area contributed by atoms with E-state index in [0.717, 1.165) is 23.1 Å². The summed E-state index contributed by atoms with van der Waals surface area (Å²) in [6.45, 7) is 3.72. The lowest BCUT2D eigenvalue weighted by atomic mass is 9.99. The van der Waals surface area contributed by atoms with Gasteiger partial charge in [-0.3, -0.25) is 9.52 Å². The average Bonchev–Trinajstić information content (AvgIpc) is 3.22. The zero-order chi connectivity index (χ0) is 18.9. The highest BCUT2D eigenvalue weighted by atomic mass is 32.2. The molecule has 0 spiro atoms. The number of thiophene rings is 1. The zero-order valence-corrected chi connectivity index (χ0v) is 16.5. The van der Waals surface area contributed by atoms with Crippen molar-refractivity contribution < 1.29 is 13.2 Å². The Morgan fingerprint density at radius 3 is 2.73 bits per heavy atom. The fraction of sp³-hybridized carbons (Fsp3) is 0.333. The first-order chi connectivity index (χ1) is 12.2. The molecule has 2 aromatic rings. The molecule has 0 saturated heterocycles. The molecule has 2 heterocycles. The topological polar surface area (TPSA) is 78.8 Å². The molecule has 1 aliphatic rings. The van der Waals surface area contributed by atoms with Crippen LogP contribution in [0.3, 0.4) is 0 Å². The van der Waals surface area contributed by atoms with Gasteiger partial charge in [0, 0.05) is 18.0 Å². The SMILES string of the molecule is CC(C)C(=O)N1N=C(c2cccc(NS(C)(=O)=O)c2)C[C@H]1c1ccsc1. The second-order valence-electron chi connectivity index (χ2n) is 6.62. The van der Waals surface area contributed by atoms with Crippen LogP contribution < -0.4 is 4.72 Å². The van der Waals surface area contributed by atoms with Gasteiger partial charge < -0.3 is 0 Å². The predicted octanol–water partition coefficient (Wildman–Crippen LogP) is 3.45. The lowest BCUT2D eigenvalue weighted by Crippen LogP contribution is -2.30. The second-order valence-corrected chi connectivity index (χ2v) is 9.14. The molecule has 1 aromatic heterocycles. The molecule has 1 aliphatic heterocycles. The highest BCUT2D eigenvalue weighted by molar-refractivity contribution is 7.92. The molecule has 0 fully saturated rings. The van der Waals surface area contributed by atoms with Gasteiger partial charge in [-0.2, -0.15) is 16.4 Å². The summed E-state index contributed by atoms with van der Waals surface area (Å²) in [4.78, 5) is 12.6. The minimum atomic E-state index is -3.35. The monoisotopic (exact) mass is 391 g/mol. The van der Waals surface area contributed by atoms with E-state index in [1.54, 1.807) is 34.5 Å². The number of anilines is 1. The van der Waals surface area contributed by atoms with E-state index in [-0.39, 0.29) is 17.9 Å². The van der Waals surface area contributed by atoms with E-state index in [2.05, 4.69) is 9.82 Å². The molecule has 138 valence electrons. The Morgan fingerprint density at radius 1 is 1.35 bits per heavy atom. The summed E-state index contributed by atoms with van der Waals surface area (Å²) in [7, 11) is -3.35. The summed E-state index contributed by atoms with van der Waals surface area (Å²) in [5.41, 5.74) is 3.12. The van der Waals surface area contributed by atoms with Crippen molar-refractivity contribution in [3.63, 3.8) is 0 Å². The van der Waals surface area contributed by atoms with E-state index in [4.69, 9.17) is 0 Å². The van der Waals surface area contributed by atoms with E-state index in [1.165, 1.54) is 0 Å². The Hall–Kier alpha value is -2.19. The maximum absolute atomic E-state index is 12.6. The van der Waals surface area contributed by atoms with E-state index in [9.17, 15) is 13.2 Å². The first-order valence-corrected chi connectivity index (χ1v) is 11.1. The van der Waals surface area contributed by atoms with E-state index < -0.39 is 10.0 Å². The fourth-order valence-corrected chi connectivity index (χ4v) is 4.12. The summed E-state index contributed by atoms with van der Waals surface area (Å²) in [6, 6.07) is 8.97. The number of carbonyl (C=O) groups is 1. The third-order valence-corrected chi connectivity index (χ3v) is 5.37. The smallest absolute Gasteiger partial charge is 0.245 e. The highest BCUT2D eigenvalue weighted by Gasteiger charge is 2.34. The minimum Gasteiger partial charge on any atom is -0.284 e. The van der Waals surface area contributed by atoms with Crippen molar-refractivity contribution in [2.24, 2.45) is 11.0 Å². The van der Waals surface area contributed by atoms with Crippen molar-refractivity contribution in [1.82, 2.24) is 5.01 Å². The summed E-state index contributed by atoms with van der Waals surface area (Å²) >= 11 is 1.59. The van der Waals surface area contributed by atoms with Crippen LogP contribution in [0, 0.1) is 5.92 Å². The van der Waals surface area contributed by atoms with Crippen LogP contribution in [0.4, 0.5) is 5.69 Å². The summed E-state index contributed by atoms with van der Waals surface area (Å²) < 4.78 is 25.4. The van der Waals surface area contributed by atoms with Crippen molar-refractivity contribution >= 4 is 38.7 Å². The number of hydrogen-bond donors (Lipinski definition) is 1. The van der Waals surface area contributed by atoms with Crippen LogP contribution in [-0.4, -0.2) is 31.3 Å². The number of hydrazone groups is 1. The van der Waals surface area contributed by atoms with Crippen LogP contribution in [0.15, 0.2) is 46.2 Å². The van der Waals surface area contributed by atoms with Crippen LogP contribution in [0.5, 0.6) is 0 Å².